The SMILES string of the molecule is Cc1[nH]nc(OCCCNc2nc(Cl)ncc2Br)c1[N+](=O)[O-]. The average molecular weight is 392 g/mol. The van der Waals surface area contributed by atoms with Gasteiger partial charge in [0, 0.05) is 12.7 Å². The van der Waals surface area contributed by atoms with E-state index in [1.165, 1.54) is 0 Å². The second kappa shape index (κ2) is 7.36. The topological polar surface area (TPSA) is 119 Å². The van der Waals surface area contributed by atoms with Crippen LogP contribution in [-0.4, -0.2) is 38.2 Å². The van der Waals surface area contributed by atoms with Crippen LogP contribution in [0.3, 0.4) is 0 Å². The molecule has 0 radical (unpaired) electrons. The van der Waals surface area contributed by atoms with E-state index in [4.69, 9.17) is 16.3 Å². The van der Waals surface area contributed by atoms with Crippen LogP contribution in [0.2, 0.25) is 5.28 Å². The van der Waals surface area contributed by atoms with Crippen molar-refractivity contribution in [1.82, 2.24) is 20.2 Å². The minimum Gasteiger partial charge on any atom is -0.472 e. The van der Waals surface area contributed by atoms with E-state index >= 15 is 0 Å². The summed E-state index contributed by atoms with van der Waals surface area (Å²) in [5.41, 5.74) is 0.218. The smallest absolute Gasteiger partial charge is 0.352 e. The van der Waals surface area contributed by atoms with E-state index in [0.29, 0.717) is 29.0 Å². The van der Waals surface area contributed by atoms with Crippen molar-refractivity contribution in [3.05, 3.63) is 31.8 Å². The van der Waals surface area contributed by atoms with Crippen LogP contribution in [-0.2, 0) is 0 Å². The minimum atomic E-state index is -0.521. The third-order valence-electron chi connectivity index (χ3n) is 2.63. The summed E-state index contributed by atoms with van der Waals surface area (Å²) >= 11 is 9.00. The Morgan fingerprint density at radius 3 is 3.09 bits per heavy atom. The Morgan fingerprint density at radius 2 is 2.36 bits per heavy atom. The summed E-state index contributed by atoms with van der Waals surface area (Å²) < 4.78 is 6.01. The van der Waals surface area contributed by atoms with Crippen LogP contribution in [0.1, 0.15) is 12.1 Å². The first-order chi connectivity index (χ1) is 10.5. The molecule has 0 spiro atoms. The Hall–Kier alpha value is -1.94. The molecule has 0 fully saturated rings. The summed E-state index contributed by atoms with van der Waals surface area (Å²) in [6.45, 7) is 2.38. The van der Waals surface area contributed by atoms with Crippen molar-refractivity contribution in [1.29, 1.82) is 0 Å². The van der Waals surface area contributed by atoms with E-state index in [0.717, 1.165) is 0 Å². The second-order valence-corrected chi connectivity index (χ2v) is 5.42. The van der Waals surface area contributed by atoms with Crippen molar-refractivity contribution in [3.8, 4) is 5.88 Å². The number of aromatic amines is 1. The molecule has 0 unspecified atom stereocenters. The van der Waals surface area contributed by atoms with Gasteiger partial charge in [-0.25, -0.2) is 4.98 Å². The van der Waals surface area contributed by atoms with E-state index in [9.17, 15) is 10.1 Å². The Morgan fingerprint density at radius 1 is 1.59 bits per heavy atom. The van der Waals surface area contributed by atoms with Gasteiger partial charge in [0.25, 0.3) is 0 Å². The van der Waals surface area contributed by atoms with Crippen LogP contribution in [0.4, 0.5) is 11.5 Å². The third kappa shape index (κ3) is 4.04. The summed E-state index contributed by atoms with van der Waals surface area (Å²) in [7, 11) is 0. The zero-order valence-electron chi connectivity index (χ0n) is 11.5. The van der Waals surface area contributed by atoms with Crippen molar-refractivity contribution < 1.29 is 9.66 Å². The highest BCUT2D eigenvalue weighted by atomic mass is 79.9. The van der Waals surface area contributed by atoms with Gasteiger partial charge < -0.3 is 10.1 Å². The number of nitrogens with one attached hydrogen (secondary N) is 2. The van der Waals surface area contributed by atoms with E-state index in [2.05, 4.69) is 41.4 Å². The number of ether oxygens (including phenoxy) is 1. The lowest BCUT2D eigenvalue weighted by Crippen LogP contribution is -2.09. The number of hydrogen-bond acceptors (Lipinski definition) is 7. The summed E-state index contributed by atoms with van der Waals surface area (Å²) in [4.78, 5) is 18.2. The van der Waals surface area contributed by atoms with Gasteiger partial charge in [0.1, 0.15) is 11.5 Å². The van der Waals surface area contributed by atoms with E-state index in [-0.39, 0.29) is 23.5 Å². The number of aromatic nitrogens is 4. The molecule has 9 nitrogen and oxygen atoms in total. The largest absolute Gasteiger partial charge is 0.472 e. The van der Waals surface area contributed by atoms with Crippen LogP contribution in [0, 0.1) is 17.0 Å². The van der Waals surface area contributed by atoms with Crippen molar-refractivity contribution in [2.75, 3.05) is 18.5 Å². The molecule has 0 saturated carbocycles. The molecule has 2 aromatic rings. The molecule has 2 heterocycles. The molecule has 22 heavy (non-hydrogen) atoms. The molecule has 0 aliphatic carbocycles. The first kappa shape index (κ1) is 16.4. The molecule has 0 atom stereocenters. The Balaban J connectivity index is 1.81. The monoisotopic (exact) mass is 390 g/mol. The average Bonchev–Trinajstić information content (AvgIpc) is 2.83. The zero-order valence-corrected chi connectivity index (χ0v) is 13.8. The van der Waals surface area contributed by atoms with E-state index in [1.807, 2.05) is 0 Å². The fourth-order valence-corrected chi connectivity index (χ4v) is 2.10. The van der Waals surface area contributed by atoms with Crippen LogP contribution < -0.4 is 10.1 Å². The number of hydrogen-bond donors (Lipinski definition) is 2. The number of nitrogens with zero attached hydrogens (tertiary/aromatic N) is 4. The molecule has 0 aliphatic rings. The quantitative estimate of drug-likeness (QED) is 0.322. The van der Waals surface area contributed by atoms with Gasteiger partial charge in [0.05, 0.1) is 16.0 Å². The number of halogens is 2. The molecular formula is C11H12BrClN6O3. The maximum Gasteiger partial charge on any atom is 0.352 e. The maximum absolute atomic E-state index is 10.9. The number of H-pyrrole nitrogens is 1. The molecule has 118 valence electrons. The number of anilines is 1. The number of nitro groups is 1. The standard InChI is InChI=1S/C11H12BrClN6O3/c1-6-8(19(20)21)10(18-17-6)22-4-2-3-14-9-7(12)5-15-11(13)16-9/h5H,2-4H2,1H3,(H,17,18)(H,14,15,16). The Kier molecular flexibility index (Phi) is 5.50. The molecule has 2 aromatic heterocycles. The van der Waals surface area contributed by atoms with Gasteiger partial charge in [-0.15, -0.1) is 5.10 Å². The third-order valence-corrected chi connectivity index (χ3v) is 3.39. The summed E-state index contributed by atoms with van der Waals surface area (Å²) in [6.07, 6.45) is 2.14. The number of aryl methyl sites for hydroxylation is 1. The first-order valence-electron chi connectivity index (χ1n) is 6.23. The number of rotatable bonds is 7. The van der Waals surface area contributed by atoms with Crippen molar-refractivity contribution in [2.45, 2.75) is 13.3 Å². The highest BCUT2D eigenvalue weighted by molar-refractivity contribution is 9.10. The molecule has 0 aliphatic heterocycles. The van der Waals surface area contributed by atoms with E-state index in [1.54, 1.807) is 13.1 Å². The van der Waals surface area contributed by atoms with Gasteiger partial charge in [-0.05, 0) is 40.9 Å². The highest BCUT2D eigenvalue weighted by Crippen LogP contribution is 2.27. The Labute approximate surface area is 138 Å². The van der Waals surface area contributed by atoms with Crippen LogP contribution in [0.5, 0.6) is 5.88 Å². The predicted octanol–water partition coefficient (Wildman–Crippen LogP) is 2.71. The van der Waals surface area contributed by atoms with Gasteiger partial charge in [-0.1, -0.05) is 0 Å². The molecule has 0 saturated heterocycles. The van der Waals surface area contributed by atoms with Crippen LogP contribution in [0.15, 0.2) is 10.7 Å². The fraction of sp³-hybridized carbons (Fsp3) is 0.364. The first-order valence-corrected chi connectivity index (χ1v) is 7.40. The van der Waals surface area contributed by atoms with Crippen molar-refractivity contribution >= 4 is 39.0 Å². The maximum atomic E-state index is 10.9. The normalized spacial score (nSPS) is 10.5. The molecule has 2 rings (SSSR count). The summed E-state index contributed by atoms with van der Waals surface area (Å²) in [6, 6.07) is 0. The summed E-state index contributed by atoms with van der Waals surface area (Å²) in [5, 5.41) is 20.4. The van der Waals surface area contributed by atoms with Crippen LogP contribution >= 0.6 is 27.5 Å². The molecular weight excluding hydrogens is 380 g/mol. The van der Waals surface area contributed by atoms with Crippen LogP contribution in [0.25, 0.3) is 0 Å². The molecule has 11 heteroatoms. The molecule has 0 aromatic carbocycles. The van der Waals surface area contributed by atoms with Crippen molar-refractivity contribution in [2.24, 2.45) is 0 Å². The zero-order chi connectivity index (χ0) is 16.1. The lowest BCUT2D eigenvalue weighted by molar-refractivity contribution is -0.386. The summed E-state index contributed by atoms with van der Waals surface area (Å²) in [5.74, 6) is 0.565. The molecule has 2 N–H and O–H groups in total. The van der Waals surface area contributed by atoms with Gasteiger partial charge in [-0.2, -0.15) is 4.98 Å². The second-order valence-electron chi connectivity index (χ2n) is 4.22. The van der Waals surface area contributed by atoms with Crippen molar-refractivity contribution in [3.63, 3.8) is 0 Å². The van der Waals surface area contributed by atoms with E-state index < -0.39 is 4.92 Å². The lowest BCUT2D eigenvalue weighted by atomic mass is 10.4. The fourth-order valence-electron chi connectivity index (χ4n) is 1.63. The highest BCUT2D eigenvalue weighted by Gasteiger charge is 2.22. The molecule has 0 bridgehead atoms. The lowest BCUT2D eigenvalue weighted by Gasteiger charge is -2.07. The van der Waals surface area contributed by atoms with Gasteiger partial charge in [-0.3, -0.25) is 15.2 Å². The Bertz CT molecular complexity index is 680. The van der Waals surface area contributed by atoms with Gasteiger partial charge in [0.2, 0.25) is 5.28 Å². The predicted molar refractivity (Wildman–Crippen MR) is 83.3 cm³/mol. The van der Waals surface area contributed by atoms with Gasteiger partial charge in [0.15, 0.2) is 0 Å². The molecule has 0 amide bonds. The van der Waals surface area contributed by atoms with Gasteiger partial charge >= 0.3 is 11.6 Å². The minimum absolute atomic E-state index is 0.00578.